The predicted molar refractivity (Wildman–Crippen MR) is 80.0 cm³/mol. The zero-order chi connectivity index (χ0) is 16.6. The van der Waals surface area contributed by atoms with Gasteiger partial charge in [0.1, 0.15) is 30.2 Å². The Bertz CT molecular complexity index is 767. The lowest BCUT2D eigenvalue weighted by atomic mass is 10.0. The number of furan rings is 1. The van der Waals surface area contributed by atoms with Crippen LogP contribution in [0.4, 0.5) is 0 Å². The Balaban J connectivity index is 2.07. The lowest BCUT2D eigenvalue weighted by molar-refractivity contribution is -0.0295. The number of aliphatic hydroxyl groups excluding tert-OH is 2. The van der Waals surface area contributed by atoms with Crippen molar-refractivity contribution in [3.05, 3.63) is 40.7 Å². The summed E-state index contributed by atoms with van der Waals surface area (Å²) in [6.07, 6.45) is -1.83. The zero-order valence-corrected chi connectivity index (χ0v) is 12.6. The van der Waals surface area contributed by atoms with E-state index in [9.17, 15) is 15.0 Å². The number of aliphatic hydroxyl groups is 2. The average molecular weight is 322 g/mol. The summed E-state index contributed by atoms with van der Waals surface area (Å²) in [4.78, 5) is 18.2. The fraction of sp³-hybridized carbons (Fsp3) is 0.467. The monoisotopic (exact) mass is 322 g/mol. The van der Waals surface area contributed by atoms with Crippen LogP contribution >= 0.6 is 0 Å². The Kier molecular flexibility index (Phi) is 4.31. The molecule has 3 rings (SSSR count). The molecule has 1 unspecified atom stereocenters. The number of H-pyrrole nitrogens is 1. The Morgan fingerprint density at radius 3 is 3.04 bits per heavy atom. The summed E-state index contributed by atoms with van der Waals surface area (Å²) in [6.45, 7) is 5.14. The lowest BCUT2D eigenvalue weighted by Gasteiger charge is -2.20. The maximum atomic E-state index is 11.8. The van der Waals surface area contributed by atoms with Crippen molar-refractivity contribution >= 4 is 11.1 Å². The van der Waals surface area contributed by atoms with Crippen LogP contribution in [0.2, 0.25) is 0 Å². The molecule has 0 amide bonds. The summed E-state index contributed by atoms with van der Waals surface area (Å²) in [6, 6.07) is 1.72. The van der Waals surface area contributed by atoms with E-state index in [4.69, 9.17) is 13.9 Å². The second-order valence-corrected chi connectivity index (χ2v) is 5.39. The third-order valence-electron chi connectivity index (χ3n) is 3.78. The Morgan fingerprint density at radius 1 is 1.57 bits per heavy atom. The fourth-order valence-corrected chi connectivity index (χ4v) is 2.79. The molecule has 2 aromatic heterocycles. The first-order valence-corrected chi connectivity index (χ1v) is 7.22. The molecule has 0 bridgehead atoms. The zero-order valence-electron chi connectivity index (χ0n) is 12.6. The Morgan fingerprint density at radius 2 is 2.35 bits per heavy atom. The van der Waals surface area contributed by atoms with Crippen molar-refractivity contribution in [2.75, 3.05) is 13.2 Å². The maximum Gasteiger partial charge on any atom is 0.348 e. The Hall–Kier alpha value is -2.00. The molecule has 124 valence electrons. The number of nitrogens with zero attached hydrogens (tertiary/aromatic N) is 1. The molecule has 1 aliphatic rings. The number of hydrogen-bond donors (Lipinski definition) is 3. The van der Waals surface area contributed by atoms with E-state index in [1.54, 1.807) is 19.1 Å². The van der Waals surface area contributed by atoms with Crippen molar-refractivity contribution in [2.45, 2.75) is 31.3 Å². The van der Waals surface area contributed by atoms with Crippen LogP contribution in [0.15, 0.2) is 27.9 Å². The van der Waals surface area contributed by atoms with E-state index < -0.39 is 30.1 Å². The molecule has 3 N–H and O–H groups in total. The number of aryl methyl sites for hydroxylation is 1. The highest BCUT2D eigenvalue weighted by atomic mass is 16.6. The van der Waals surface area contributed by atoms with Gasteiger partial charge >= 0.3 is 5.69 Å². The van der Waals surface area contributed by atoms with E-state index in [0.29, 0.717) is 16.8 Å². The van der Waals surface area contributed by atoms with Crippen LogP contribution in [0.5, 0.6) is 0 Å². The molecule has 8 heteroatoms. The molecular weight excluding hydrogens is 304 g/mol. The number of fused-ring (bicyclic) bond motifs is 1. The normalized spacial score (nSPS) is 27.6. The van der Waals surface area contributed by atoms with Gasteiger partial charge in [-0.05, 0) is 13.0 Å². The van der Waals surface area contributed by atoms with Gasteiger partial charge in [-0.3, -0.25) is 0 Å². The number of aromatic nitrogens is 2. The van der Waals surface area contributed by atoms with Crippen molar-refractivity contribution in [3.8, 4) is 0 Å². The van der Waals surface area contributed by atoms with Crippen LogP contribution in [0, 0.1) is 6.92 Å². The van der Waals surface area contributed by atoms with Gasteiger partial charge in [0.2, 0.25) is 5.71 Å². The predicted octanol–water partition coefficient (Wildman–Crippen LogP) is 0.189. The van der Waals surface area contributed by atoms with Gasteiger partial charge in [0.25, 0.3) is 0 Å². The molecule has 3 heterocycles. The SMILES string of the molecule is C=CCO[C@H]1C(c2[nH]c(=O)nc3oc(C)cc23)O[C@H](CO)[C@@H]1O. The van der Waals surface area contributed by atoms with Crippen molar-refractivity contribution < 1.29 is 24.1 Å². The van der Waals surface area contributed by atoms with Crippen LogP contribution in [0.25, 0.3) is 11.1 Å². The van der Waals surface area contributed by atoms with Gasteiger partial charge in [-0.25, -0.2) is 4.79 Å². The Labute approximate surface area is 131 Å². The summed E-state index contributed by atoms with van der Waals surface area (Å²) in [5.74, 6) is 0.591. The van der Waals surface area contributed by atoms with E-state index in [0.717, 1.165) is 0 Å². The summed E-state index contributed by atoms with van der Waals surface area (Å²) in [5.41, 5.74) is 0.00466. The molecule has 1 saturated heterocycles. The fourth-order valence-electron chi connectivity index (χ4n) is 2.79. The summed E-state index contributed by atoms with van der Waals surface area (Å²) >= 11 is 0. The van der Waals surface area contributed by atoms with Crippen molar-refractivity contribution in [1.29, 1.82) is 0 Å². The number of aromatic amines is 1. The van der Waals surface area contributed by atoms with Crippen LogP contribution < -0.4 is 5.69 Å². The lowest BCUT2D eigenvalue weighted by Crippen LogP contribution is -2.35. The second-order valence-electron chi connectivity index (χ2n) is 5.39. The summed E-state index contributed by atoms with van der Waals surface area (Å²) in [7, 11) is 0. The van der Waals surface area contributed by atoms with E-state index in [1.807, 2.05) is 0 Å². The van der Waals surface area contributed by atoms with Crippen molar-refractivity contribution in [2.24, 2.45) is 0 Å². The van der Waals surface area contributed by atoms with E-state index in [1.165, 1.54) is 0 Å². The van der Waals surface area contributed by atoms with Gasteiger partial charge in [0.15, 0.2) is 0 Å². The highest BCUT2D eigenvalue weighted by molar-refractivity contribution is 5.77. The smallest absolute Gasteiger partial charge is 0.348 e. The molecule has 2 aromatic rings. The second kappa shape index (κ2) is 6.25. The first kappa shape index (κ1) is 15.9. The van der Waals surface area contributed by atoms with Crippen molar-refractivity contribution in [3.63, 3.8) is 0 Å². The van der Waals surface area contributed by atoms with E-state index in [-0.39, 0.29) is 18.9 Å². The van der Waals surface area contributed by atoms with Crippen LogP contribution in [-0.2, 0) is 9.47 Å². The van der Waals surface area contributed by atoms with Gasteiger partial charge in [-0.1, -0.05) is 6.08 Å². The van der Waals surface area contributed by atoms with E-state index in [2.05, 4.69) is 16.5 Å². The molecule has 23 heavy (non-hydrogen) atoms. The molecule has 0 aliphatic carbocycles. The quantitative estimate of drug-likeness (QED) is 0.672. The molecule has 1 fully saturated rings. The molecule has 0 saturated carbocycles. The summed E-state index contributed by atoms with van der Waals surface area (Å²) in [5, 5.41) is 20.2. The molecule has 0 aromatic carbocycles. The van der Waals surface area contributed by atoms with Gasteiger partial charge in [-0.15, -0.1) is 6.58 Å². The number of hydrogen-bond acceptors (Lipinski definition) is 7. The standard InChI is InChI=1S/C15H18N2O6/c1-3-4-21-13-11(19)9(6-18)23-12(13)10-8-5-7(2)22-14(8)17-15(20)16-10/h3,5,9,11-13,18-19H,1,4,6H2,2H3,(H,16,17,20)/t9-,11+,12?,13-/m1/s1. The number of ether oxygens (including phenoxy) is 2. The van der Waals surface area contributed by atoms with Crippen LogP contribution in [0.1, 0.15) is 17.6 Å². The molecule has 0 spiro atoms. The first-order valence-electron chi connectivity index (χ1n) is 7.22. The minimum Gasteiger partial charge on any atom is -0.443 e. The number of rotatable bonds is 5. The third-order valence-corrected chi connectivity index (χ3v) is 3.78. The van der Waals surface area contributed by atoms with Crippen LogP contribution in [-0.4, -0.2) is 51.7 Å². The average Bonchev–Trinajstić information content (AvgIpc) is 3.03. The molecule has 4 atom stereocenters. The highest BCUT2D eigenvalue weighted by Crippen LogP contribution is 2.37. The molecular formula is C15H18N2O6. The van der Waals surface area contributed by atoms with Gasteiger partial charge < -0.3 is 29.1 Å². The largest absolute Gasteiger partial charge is 0.443 e. The van der Waals surface area contributed by atoms with Gasteiger partial charge in [0, 0.05) is 0 Å². The van der Waals surface area contributed by atoms with E-state index >= 15 is 0 Å². The highest BCUT2D eigenvalue weighted by Gasteiger charge is 2.46. The number of nitrogens with one attached hydrogen (secondary N) is 1. The maximum absolute atomic E-state index is 11.8. The van der Waals surface area contributed by atoms with Gasteiger partial charge in [-0.2, -0.15) is 4.98 Å². The van der Waals surface area contributed by atoms with Crippen molar-refractivity contribution in [1.82, 2.24) is 9.97 Å². The topological polar surface area (TPSA) is 118 Å². The van der Waals surface area contributed by atoms with Gasteiger partial charge in [0.05, 0.1) is 24.3 Å². The van der Waals surface area contributed by atoms with Crippen LogP contribution in [0.3, 0.4) is 0 Å². The summed E-state index contributed by atoms with van der Waals surface area (Å²) < 4.78 is 16.7. The minimum atomic E-state index is -1.04. The minimum absolute atomic E-state index is 0.189. The molecule has 1 aliphatic heterocycles. The third kappa shape index (κ3) is 2.81. The molecule has 8 nitrogen and oxygen atoms in total. The first-order chi connectivity index (χ1) is 11.0. The molecule has 0 radical (unpaired) electrons.